The van der Waals surface area contributed by atoms with E-state index in [0.717, 1.165) is 0 Å². The highest BCUT2D eigenvalue weighted by molar-refractivity contribution is 7.92. The molecule has 0 amide bonds. The summed E-state index contributed by atoms with van der Waals surface area (Å²) in [6, 6.07) is 10.0. The molecule has 0 radical (unpaired) electrons. The zero-order chi connectivity index (χ0) is 22.9. The lowest BCUT2D eigenvalue weighted by atomic mass is 10.2. The summed E-state index contributed by atoms with van der Waals surface area (Å²) >= 11 is 0. The molecule has 0 spiro atoms. The van der Waals surface area contributed by atoms with Crippen molar-refractivity contribution in [3.8, 4) is 17.4 Å². The van der Waals surface area contributed by atoms with E-state index in [1.54, 1.807) is 72.0 Å². The van der Waals surface area contributed by atoms with Crippen molar-refractivity contribution in [2.24, 2.45) is 7.05 Å². The van der Waals surface area contributed by atoms with E-state index in [2.05, 4.69) is 24.8 Å². The predicted octanol–water partition coefficient (Wildman–Crippen LogP) is 3.42. The van der Waals surface area contributed by atoms with Crippen molar-refractivity contribution in [2.45, 2.75) is 31.7 Å². The maximum Gasteiger partial charge on any atom is 0.280 e. The van der Waals surface area contributed by atoms with Gasteiger partial charge in [0.2, 0.25) is 5.88 Å². The van der Waals surface area contributed by atoms with Crippen molar-refractivity contribution in [3.05, 3.63) is 66.6 Å². The SMILES string of the molecule is Cc1nc(Oc2ccc(NS(=O)(=O)c3cn(C)c(C(C)C)n3)cc2)cc(-n2cccn2)n1. The zero-order valence-electron chi connectivity index (χ0n) is 18.1. The van der Waals surface area contributed by atoms with Crippen LogP contribution >= 0.6 is 0 Å². The monoisotopic (exact) mass is 453 g/mol. The Morgan fingerprint density at radius 2 is 1.84 bits per heavy atom. The minimum absolute atomic E-state index is 0.0216. The van der Waals surface area contributed by atoms with Crippen molar-refractivity contribution in [2.75, 3.05) is 4.72 Å². The third-order valence-electron chi connectivity index (χ3n) is 4.55. The van der Waals surface area contributed by atoms with E-state index < -0.39 is 10.0 Å². The minimum Gasteiger partial charge on any atom is -0.439 e. The maximum atomic E-state index is 12.7. The molecule has 0 aliphatic rings. The van der Waals surface area contributed by atoms with Crippen LogP contribution in [0, 0.1) is 6.92 Å². The molecule has 3 aromatic heterocycles. The number of benzene rings is 1. The van der Waals surface area contributed by atoms with Crippen LogP contribution in [-0.2, 0) is 17.1 Å². The van der Waals surface area contributed by atoms with Crippen molar-refractivity contribution in [1.29, 1.82) is 0 Å². The van der Waals surface area contributed by atoms with Gasteiger partial charge in [-0.05, 0) is 37.3 Å². The number of rotatable bonds is 7. The molecule has 0 unspecified atom stereocenters. The lowest BCUT2D eigenvalue weighted by Gasteiger charge is -2.09. The average Bonchev–Trinajstić information content (AvgIpc) is 3.39. The number of nitrogens with one attached hydrogen (secondary N) is 1. The molecule has 0 aliphatic carbocycles. The number of nitrogens with zero attached hydrogens (tertiary/aromatic N) is 6. The van der Waals surface area contributed by atoms with Gasteiger partial charge in [0, 0.05) is 43.3 Å². The Morgan fingerprint density at radius 3 is 2.47 bits per heavy atom. The molecule has 0 atom stereocenters. The smallest absolute Gasteiger partial charge is 0.280 e. The van der Waals surface area contributed by atoms with Gasteiger partial charge in [-0.3, -0.25) is 4.72 Å². The number of aryl methyl sites for hydroxylation is 2. The Hall–Kier alpha value is -3.73. The van der Waals surface area contributed by atoms with Crippen molar-refractivity contribution in [1.82, 2.24) is 29.3 Å². The number of aromatic nitrogens is 6. The van der Waals surface area contributed by atoms with E-state index in [9.17, 15) is 8.42 Å². The van der Waals surface area contributed by atoms with Crippen molar-refractivity contribution in [3.63, 3.8) is 0 Å². The molecule has 0 saturated carbocycles. The molecule has 10 nitrogen and oxygen atoms in total. The molecule has 32 heavy (non-hydrogen) atoms. The Bertz CT molecular complexity index is 1330. The standard InChI is InChI=1S/C21H23N7O3S/c1-14(2)21-25-20(13-27(21)4)32(29,30)26-16-6-8-17(9-7-16)31-19-12-18(23-15(3)24-19)28-11-5-10-22-28/h5-14,26H,1-4H3. The van der Waals surface area contributed by atoms with Gasteiger partial charge in [-0.25, -0.2) is 14.6 Å². The van der Waals surface area contributed by atoms with Crippen molar-refractivity contribution < 1.29 is 13.2 Å². The third kappa shape index (κ3) is 4.62. The van der Waals surface area contributed by atoms with Gasteiger partial charge in [-0.2, -0.15) is 18.5 Å². The van der Waals surface area contributed by atoms with Crippen LogP contribution in [0.4, 0.5) is 5.69 Å². The molecule has 11 heteroatoms. The van der Waals surface area contributed by atoms with E-state index in [1.165, 1.54) is 6.20 Å². The predicted molar refractivity (Wildman–Crippen MR) is 119 cm³/mol. The van der Waals surface area contributed by atoms with Gasteiger partial charge >= 0.3 is 0 Å². The van der Waals surface area contributed by atoms with E-state index in [0.29, 0.717) is 34.8 Å². The normalized spacial score (nSPS) is 11.7. The van der Waals surface area contributed by atoms with Crippen molar-refractivity contribution >= 4 is 15.7 Å². The Labute approximate surface area is 186 Å². The zero-order valence-corrected chi connectivity index (χ0v) is 18.9. The van der Waals surface area contributed by atoms with Crippen LogP contribution in [0.3, 0.4) is 0 Å². The minimum atomic E-state index is -3.81. The summed E-state index contributed by atoms with van der Waals surface area (Å²) in [6.45, 7) is 5.68. The summed E-state index contributed by atoms with van der Waals surface area (Å²) in [5.74, 6) is 2.78. The largest absolute Gasteiger partial charge is 0.439 e. The van der Waals surface area contributed by atoms with E-state index in [1.807, 2.05) is 13.8 Å². The average molecular weight is 454 g/mol. The summed E-state index contributed by atoms with van der Waals surface area (Å²) in [5.41, 5.74) is 0.394. The molecule has 4 rings (SSSR count). The lowest BCUT2D eigenvalue weighted by Crippen LogP contribution is -2.13. The van der Waals surface area contributed by atoms with Gasteiger partial charge in [-0.1, -0.05) is 13.8 Å². The second-order valence-corrected chi connectivity index (χ2v) is 9.13. The number of hydrogen-bond donors (Lipinski definition) is 1. The van der Waals surface area contributed by atoms with Gasteiger partial charge in [0.1, 0.15) is 17.4 Å². The number of anilines is 1. The van der Waals surface area contributed by atoms with Gasteiger partial charge < -0.3 is 9.30 Å². The number of hydrogen-bond acceptors (Lipinski definition) is 7. The number of sulfonamides is 1. The fourth-order valence-electron chi connectivity index (χ4n) is 3.14. The van der Waals surface area contributed by atoms with Crippen LogP contribution in [0.5, 0.6) is 11.6 Å². The van der Waals surface area contributed by atoms with Crippen LogP contribution in [-0.4, -0.2) is 37.7 Å². The second-order valence-electron chi connectivity index (χ2n) is 7.50. The van der Waals surface area contributed by atoms with Gasteiger partial charge in [0.05, 0.1) is 0 Å². The van der Waals surface area contributed by atoms with Gasteiger partial charge in [0.25, 0.3) is 10.0 Å². The lowest BCUT2D eigenvalue weighted by molar-refractivity contribution is 0.459. The maximum absolute atomic E-state index is 12.7. The molecular weight excluding hydrogens is 430 g/mol. The molecule has 1 aromatic carbocycles. The summed E-state index contributed by atoms with van der Waals surface area (Å²) in [5, 5.41) is 4.14. The van der Waals surface area contributed by atoms with Crippen LogP contribution in [0.25, 0.3) is 5.82 Å². The fourth-order valence-corrected chi connectivity index (χ4v) is 4.20. The molecule has 3 heterocycles. The topological polar surface area (TPSA) is 117 Å². The molecule has 0 fully saturated rings. The van der Waals surface area contributed by atoms with Crippen LogP contribution in [0.15, 0.2) is 60.0 Å². The molecule has 0 bridgehead atoms. The summed E-state index contributed by atoms with van der Waals surface area (Å²) < 4.78 is 37.1. The third-order valence-corrected chi connectivity index (χ3v) is 5.80. The Balaban J connectivity index is 1.50. The molecule has 4 aromatic rings. The Kier molecular flexibility index (Phi) is 5.66. The highest BCUT2D eigenvalue weighted by atomic mass is 32.2. The molecule has 0 aliphatic heterocycles. The van der Waals surface area contributed by atoms with Gasteiger partial charge in [0.15, 0.2) is 10.8 Å². The molecule has 166 valence electrons. The van der Waals surface area contributed by atoms with Crippen LogP contribution in [0.1, 0.15) is 31.4 Å². The first-order valence-electron chi connectivity index (χ1n) is 9.91. The van der Waals surface area contributed by atoms with Crippen LogP contribution in [0.2, 0.25) is 0 Å². The first-order valence-corrected chi connectivity index (χ1v) is 11.4. The van der Waals surface area contributed by atoms with E-state index >= 15 is 0 Å². The molecular formula is C21H23N7O3S. The van der Waals surface area contributed by atoms with Crippen LogP contribution < -0.4 is 9.46 Å². The molecule has 0 saturated heterocycles. The quantitative estimate of drug-likeness (QED) is 0.456. The van der Waals surface area contributed by atoms with E-state index in [4.69, 9.17) is 4.74 Å². The molecule has 1 N–H and O–H groups in total. The summed E-state index contributed by atoms with van der Waals surface area (Å²) in [7, 11) is -2.03. The Morgan fingerprint density at radius 1 is 1.09 bits per heavy atom. The van der Waals surface area contributed by atoms with E-state index in [-0.39, 0.29) is 10.9 Å². The first kappa shape index (κ1) is 21.5. The first-order chi connectivity index (χ1) is 15.2. The fraction of sp³-hybridized carbons (Fsp3) is 0.238. The van der Waals surface area contributed by atoms with Gasteiger partial charge in [-0.15, -0.1) is 0 Å². The summed E-state index contributed by atoms with van der Waals surface area (Å²) in [4.78, 5) is 12.9. The number of imidazole rings is 1. The number of ether oxygens (including phenoxy) is 1. The second kappa shape index (κ2) is 8.42. The summed E-state index contributed by atoms with van der Waals surface area (Å²) in [6.07, 6.45) is 4.94. The highest BCUT2D eigenvalue weighted by Crippen LogP contribution is 2.24. The highest BCUT2D eigenvalue weighted by Gasteiger charge is 2.21.